The standard InChI is InChI=1S/C27H25N3O4/c1-16-29-24-14-28-23-12-21(17-5-10-25(33-3)18(11-17)15-31)26(34-4)13-22(23)27(24)30(16)19-6-8-20(32-2)9-7-19/h5-14,31H,15H2,1-4H3. The molecule has 0 aliphatic rings. The first-order chi connectivity index (χ1) is 16.6. The molecule has 0 radical (unpaired) electrons. The number of ether oxygens (including phenoxy) is 3. The molecule has 2 aromatic heterocycles. The molecule has 0 aliphatic heterocycles. The number of imidazole rings is 1. The number of nitrogens with zero attached hydrogens (tertiary/aromatic N) is 3. The quantitative estimate of drug-likeness (QED) is 0.385. The number of aromatic nitrogens is 3. The summed E-state index contributed by atoms with van der Waals surface area (Å²) in [6.45, 7) is 1.86. The van der Waals surface area contributed by atoms with Crippen LogP contribution in [0.15, 0.2) is 60.8 Å². The van der Waals surface area contributed by atoms with Crippen molar-refractivity contribution in [2.24, 2.45) is 0 Å². The van der Waals surface area contributed by atoms with Gasteiger partial charge in [0.15, 0.2) is 0 Å². The first kappa shape index (κ1) is 21.7. The number of hydrogen-bond donors (Lipinski definition) is 1. The molecule has 0 atom stereocenters. The first-order valence-corrected chi connectivity index (χ1v) is 10.9. The lowest BCUT2D eigenvalue weighted by molar-refractivity contribution is 0.274. The van der Waals surface area contributed by atoms with Gasteiger partial charge in [0.25, 0.3) is 0 Å². The van der Waals surface area contributed by atoms with E-state index in [2.05, 4.69) is 4.57 Å². The number of hydrogen-bond acceptors (Lipinski definition) is 6. The molecule has 5 aromatic rings. The Kier molecular flexibility index (Phi) is 5.55. The summed E-state index contributed by atoms with van der Waals surface area (Å²) in [5.41, 5.74) is 6.07. The van der Waals surface area contributed by atoms with Crippen LogP contribution in [0.4, 0.5) is 0 Å². The smallest absolute Gasteiger partial charge is 0.127 e. The zero-order valence-electron chi connectivity index (χ0n) is 19.5. The molecule has 7 heteroatoms. The fourth-order valence-corrected chi connectivity index (χ4v) is 4.41. The summed E-state index contributed by atoms with van der Waals surface area (Å²) in [6.07, 6.45) is 1.80. The van der Waals surface area contributed by atoms with E-state index in [1.165, 1.54) is 0 Å². The summed E-state index contributed by atoms with van der Waals surface area (Å²) in [5, 5.41) is 10.7. The van der Waals surface area contributed by atoms with Gasteiger partial charge < -0.3 is 19.3 Å². The molecule has 172 valence electrons. The molecule has 0 aliphatic carbocycles. The van der Waals surface area contributed by atoms with E-state index in [1.807, 2.05) is 61.5 Å². The van der Waals surface area contributed by atoms with E-state index in [9.17, 15) is 5.11 Å². The summed E-state index contributed by atoms with van der Waals surface area (Å²) >= 11 is 0. The van der Waals surface area contributed by atoms with Crippen LogP contribution in [0.3, 0.4) is 0 Å². The van der Waals surface area contributed by atoms with Crippen molar-refractivity contribution in [3.05, 3.63) is 72.2 Å². The molecule has 0 amide bonds. The highest BCUT2D eigenvalue weighted by Gasteiger charge is 2.17. The maximum Gasteiger partial charge on any atom is 0.127 e. The Morgan fingerprint density at radius 1 is 0.853 bits per heavy atom. The molecule has 0 fully saturated rings. The number of aliphatic hydroxyl groups excluding tert-OH is 1. The van der Waals surface area contributed by atoms with Gasteiger partial charge in [0, 0.05) is 22.2 Å². The average molecular weight is 456 g/mol. The molecule has 0 bridgehead atoms. The van der Waals surface area contributed by atoms with Crippen molar-refractivity contribution >= 4 is 21.9 Å². The third kappa shape index (κ3) is 3.50. The summed E-state index contributed by atoms with van der Waals surface area (Å²) in [7, 11) is 4.90. The van der Waals surface area contributed by atoms with Crippen molar-refractivity contribution in [2.45, 2.75) is 13.5 Å². The average Bonchev–Trinajstić information content (AvgIpc) is 3.23. The van der Waals surface area contributed by atoms with Gasteiger partial charge in [-0.05, 0) is 61.0 Å². The van der Waals surface area contributed by atoms with Crippen LogP contribution in [-0.4, -0.2) is 41.0 Å². The molecule has 0 saturated carbocycles. The number of fused-ring (bicyclic) bond motifs is 3. The van der Waals surface area contributed by atoms with Gasteiger partial charge in [-0.25, -0.2) is 4.98 Å². The van der Waals surface area contributed by atoms with E-state index in [0.29, 0.717) is 17.1 Å². The number of benzene rings is 3. The molecule has 3 aromatic carbocycles. The monoisotopic (exact) mass is 455 g/mol. The normalized spacial score (nSPS) is 11.2. The van der Waals surface area contributed by atoms with Gasteiger partial charge in [0.2, 0.25) is 0 Å². The molecule has 7 nitrogen and oxygen atoms in total. The van der Waals surface area contributed by atoms with Crippen LogP contribution in [0, 0.1) is 6.92 Å². The van der Waals surface area contributed by atoms with Gasteiger partial charge in [-0.15, -0.1) is 0 Å². The first-order valence-electron chi connectivity index (χ1n) is 10.9. The Balaban J connectivity index is 1.75. The minimum absolute atomic E-state index is 0.119. The van der Waals surface area contributed by atoms with E-state index >= 15 is 0 Å². The minimum Gasteiger partial charge on any atom is -0.497 e. The molecular formula is C27H25N3O4. The molecule has 1 N–H and O–H groups in total. The summed E-state index contributed by atoms with van der Waals surface area (Å²) in [6, 6.07) is 17.6. The molecule has 2 heterocycles. The number of aryl methyl sites for hydroxylation is 1. The predicted molar refractivity (Wildman–Crippen MR) is 132 cm³/mol. The van der Waals surface area contributed by atoms with Gasteiger partial charge >= 0.3 is 0 Å². The Labute approximate surface area is 197 Å². The van der Waals surface area contributed by atoms with E-state index < -0.39 is 0 Å². The van der Waals surface area contributed by atoms with Gasteiger partial charge in [0.05, 0.1) is 45.2 Å². The minimum atomic E-state index is -0.119. The summed E-state index contributed by atoms with van der Waals surface area (Å²) < 4.78 is 18.6. The largest absolute Gasteiger partial charge is 0.497 e. The molecular weight excluding hydrogens is 430 g/mol. The highest BCUT2D eigenvalue weighted by Crippen LogP contribution is 2.38. The number of aliphatic hydroxyl groups is 1. The molecule has 34 heavy (non-hydrogen) atoms. The number of methoxy groups -OCH3 is 3. The Bertz CT molecular complexity index is 1510. The van der Waals surface area contributed by atoms with Crippen molar-refractivity contribution < 1.29 is 19.3 Å². The topological polar surface area (TPSA) is 78.6 Å². The maximum absolute atomic E-state index is 9.77. The molecule has 0 unspecified atom stereocenters. The van der Waals surface area contributed by atoms with Gasteiger partial charge in [-0.1, -0.05) is 6.07 Å². The SMILES string of the molecule is COc1ccc(-n2c(C)nc3cnc4cc(-c5ccc(OC)c(CO)c5)c(OC)cc4c32)cc1. The highest BCUT2D eigenvalue weighted by atomic mass is 16.5. The lowest BCUT2D eigenvalue weighted by atomic mass is 9.99. The molecule has 5 rings (SSSR count). The van der Waals surface area contributed by atoms with Crippen LogP contribution in [0.1, 0.15) is 11.4 Å². The van der Waals surface area contributed by atoms with E-state index in [4.69, 9.17) is 24.2 Å². The van der Waals surface area contributed by atoms with Crippen LogP contribution in [0.2, 0.25) is 0 Å². The van der Waals surface area contributed by atoms with E-state index in [-0.39, 0.29) is 6.61 Å². The van der Waals surface area contributed by atoms with Gasteiger partial charge in [-0.3, -0.25) is 9.55 Å². The molecule has 0 spiro atoms. The second-order valence-corrected chi connectivity index (χ2v) is 7.94. The summed E-state index contributed by atoms with van der Waals surface area (Å²) in [4.78, 5) is 9.44. The third-order valence-electron chi connectivity index (χ3n) is 6.06. The second-order valence-electron chi connectivity index (χ2n) is 7.94. The highest BCUT2D eigenvalue weighted by molar-refractivity contribution is 6.05. The lowest BCUT2D eigenvalue weighted by Crippen LogP contribution is -1.98. The Hall–Kier alpha value is -4.10. The fraction of sp³-hybridized carbons (Fsp3) is 0.185. The zero-order chi connectivity index (χ0) is 23.8. The van der Waals surface area contributed by atoms with Crippen LogP contribution in [0.5, 0.6) is 17.2 Å². The van der Waals surface area contributed by atoms with Gasteiger partial charge in [0.1, 0.15) is 28.6 Å². The van der Waals surface area contributed by atoms with Gasteiger partial charge in [-0.2, -0.15) is 0 Å². The van der Waals surface area contributed by atoms with Crippen molar-refractivity contribution in [2.75, 3.05) is 21.3 Å². The number of rotatable bonds is 6. The second kappa shape index (κ2) is 8.68. The van der Waals surface area contributed by atoms with E-state index in [0.717, 1.165) is 50.3 Å². The van der Waals surface area contributed by atoms with Crippen molar-refractivity contribution in [1.82, 2.24) is 14.5 Å². The maximum atomic E-state index is 9.77. The Morgan fingerprint density at radius 2 is 1.62 bits per heavy atom. The molecule has 0 saturated heterocycles. The van der Waals surface area contributed by atoms with Crippen molar-refractivity contribution in [1.29, 1.82) is 0 Å². The van der Waals surface area contributed by atoms with E-state index in [1.54, 1.807) is 27.5 Å². The van der Waals surface area contributed by atoms with Crippen LogP contribution >= 0.6 is 0 Å². The third-order valence-corrected chi connectivity index (χ3v) is 6.06. The predicted octanol–water partition coefficient (Wildman–Crippen LogP) is 5.07. The number of pyridine rings is 1. The van der Waals surface area contributed by atoms with Crippen molar-refractivity contribution in [3.63, 3.8) is 0 Å². The zero-order valence-corrected chi connectivity index (χ0v) is 19.5. The fourth-order valence-electron chi connectivity index (χ4n) is 4.41. The summed E-state index contributed by atoms with van der Waals surface area (Å²) in [5.74, 6) is 3.01. The lowest BCUT2D eigenvalue weighted by Gasteiger charge is -2.14. The Morgan fingerprint density at radius 3 is 2.29 bits per heavy atom. The van der Waals surface area contributed by atoms with Crippen LogP contribution < -0.4 is 14.2 Å². The van der Waals surface area contributed by atoms with Crippen LogP contribution in [0.25, 0.3) is 38.8 Å². The van der Waals surface area contributed by atoms with Crippen molar-refractivity contribution in [3.8, 4) is 34.1 Å². The van der Waals surface area contributed by atoms with Crippen LogP contribution in [-0.2, 0) is 6.61 Å².